The van der Waals surface area contributed by atoms with E-state index in [9.17, 15) is 4.79 Å². The standard InChI is InChI=1S/C26H24N6O3/c1-4-12-35-20-7-5-6-18(13-20)21-14-23(33)29-25-24(21)16(2)31-32(25)26-28-22(15-27-30-26)17-8-10-19(34-3)11-9-17/h4-11,13,15,21H,1,12,14H2,2-3H3,(H,29,33)/t21-/m0/s1. The van der Waals surface area contributed by atoms with Crippen molar-refractivity contribution in [2.45, 2.75) is 19.3 Å². The molecular formula is C26H24N6O3. The molecule has 0 fully saturated rings. The number of hydrogen-bond donors (Lipinski definition) is 1. The normalized spacial score (nSPS) is 14.7. The van der Waals surface area contributed by atoms with Crippen molar-refractivity contribution in [1.29, 1.82) is 0 Å². The first-order valence-electron chi connectivity index (χ1n) is 11.1. The van der Waals surface area contributed by atoms with Crippen LogP contribution in [0.15, 0.2) is 67.4 Å². The number of hydrogen-bond acceptors (Lipinski definition) is 7. The van der Waals surface area contributed by atoms with E-state index in [1.54, 1.807) is 24.1 Å². The quantitative estimate of drug-likeness (QED) is 0.408. The Kier molecular flexibility index (Phi) is 5.97. The molecule has 0 spiro atoms. The van der Waals surface area contributed by atoms with Crippen molar-refractivity contribution in [1.82, 2.24) is 25.0 Å². The van der Waals surface area contributed by atoms with Crippen LogP contribution in [0.5, 0.6) is 11.5 Å². The highest BCUT2D eigenvalue weighted by molar-refractivity contribution is 5.95. The third-order valence-electron chi connectivity index (χ3n) is 5.85. The van der Waals surface area contributed by atoms with Gasteiger partial charge in [-0.15, -0.1) is 5.10 Å². The molecular weight excluding hydrogens is 444 g/mol. The molecule has 1 amide bonds. The maximum Gasteiger partial charge on any atom is 0.272 e. The fourth-order valence-corrected chi connectivity index (χ4v) is 4.24. The second-order valence-electron chi connectivity index (χ2n) is 8.11. The maximum absolute atomic E-state index is 12.7. The van der Waals surface area contributed by atoms with Crippen LogP contribution in [-0.2, 0) is 4.79 Å². The summed E-state index contributed by atoms with van der Waals surface area (Å²) in [7, 11) is 1.62. The van der Waals surface area contributed by atoms with E-state index < -0.39 is 0 Å². The van der Waals surface area contributed by atoms with Gasteiger partial charge in [-0.3, -0.25) is 4.79 Å². The summed E-state index contributed by atoms with van der Waals surface area (Å²) in [6.07, 6.45) is 3.58. The molecule has 1 N–H and O–H groups in total. The van der Waals surface area contributed by atoms with Crippen molar-refractivity contribution in [2.24, 2.45) is 0 Å². The van der Waals surface area contributed by atoms with Crippen LogP contribution in [0.4, 0.5) is 5.82 Å². The molecule has 0 saturated heterocycles. The molecule has 176 valence electrons. The predicted molar refractivity (Wildman–Crippen MR) is 131 cm³/mol. The zero-order chi connectivity index (χ0) is 24.4. The minimum absolute atomic E-state index is 0.111. The third kappa shape index (κ3) is 4.35. The Balaban J connectivity index is 1.54. The van der Waals surface area contributed by atoms with Crippen LogP contribution in [0.1, 0.15) is 29.2 Å². The fourth-order valence-electron chi connectivity index (χ4n) is 4.24. The number of aryl methyl sites for hydroxylation is 1. The van der Waals surface area contributed by atoms with E-state index >= 15 is 0 Å². The van der Waals surface area contributed by atoms with Crippen LogP contribution in [0.25, 0.3) is 17.2 Å². The molecule has 0 bridgehead atoms. The molecule has 1 atom stereocenters. The summed E-state index contributed by atoms with van der Waals surface area (Å²) in [5, 5.41) is 16.0. The summed E-state index contributed by atoms with van der Waals surface area (Å²) >= 11 is 0. The number of benzene rings is 2. The molecule has 9 nitrogen and oxygen atoms in total. The summed E-state index contributed by atoms with van der Waals surface area (Å²) in [4.78, 5) is 17.4. The van der Waals surface area contributed by atoms with Crippen LogP contribution in [0.2, 0.25) is 0 Å². The first-order valence-corrected chi connectivity index (χ1v) is 11.1. The Labute approximate surface area is 202 Å². The van der Waals surface area contributed by atoms with Crippen LogP contribution >= 0.6 is 0 Å². The van der Waals surface area contributed by atoms with Crippen molar-refractivity contribution in [3.63, 3.8) is 0 Å². The minimum Gasteiger partial charge on any atom is -0.497 e. The van der Waals surface area contributed by atoms with Crippen molar-refractivity contribution in [3.8, 4) is 28.7 Å². The van der Waals surface area contributed by atoms with Crippen LogP contribution in [-0.4, -0.2) is 44.6 Å². The van der Waals surface area contributed by atoms with E-state index in [0.29, 0.717) is 24.5 Å². The Morgan fingerprint density at radius 3 is 2.80 bits per heavy atom. The SMILES string of the molecule is C=CCOc1cccc([C@@H]2CC(=O)Nc3c2c(C)nn3-c2nncc(-c3ccc(OC)cc3)n2)c1. The summed E-state index contributed by atoms with van der Waals surface area (Å²) < 4.78 is 12.5. The molecule has 0 aliphatic carbocycles. The molecule has 1 aliphatic rings. The molecule has 35 heavy (non-hydrogen) atoms. The molecule has 2 aromatic carbocycles. The number of fused-ring (bicyclic) bond motifs is 1. The van der Waals surface area contributed by atoms with Gasteiger partial charge >= 0.3 is 0 Å². The fraction of sp³-hybridized carbons (Fsp3) is 0.192. The van der Waals surface area contributed by atoms with E-state index in [-0.39, 0.29) is 17.8 Å². The lowest BCUT2D eigenvalue weighted by molar-refractivity contribution is -0.116. The smallest absolute Gasteiger partial charge is 0.272 e. The second kappa shape index (κ2) is 9.38. The number of anilines is 1. The number of aromatic nitrogens is 5. The van der Waals surface area contributed by atoms with Crippen molar-refractivity contribution < 1.29 is 14.3 Å². The van der Waals surface area contributed by atoms with Gasteiger partial charge in [0.05, 0.1) is 24.7 Å². The number of carbonyl (C=O) groups excluding carboxylic acids is 1. The number of nitrogens with zero attached hydrogens (tertiary/aromatic N) is 5. The zero-order valence-electron chi connectivity index (χ0n) is 19.4. The van der Waals surface area contributed by atoms with Crippen molar-refractivity contribution in [2.75, 3.05) is 19.0 Å². The van der Waals surface area contributed by atoms with Crippen LogP contribution in [0.3, 0.4) is 0 Å². The van der Waals surface area contributed by atoms with Gasteiger partial charge in [0, 0.05) is 23.5 Å². The van der Waals surface area contributed by atoms with Crippen LogP contribution in [0, 0.1) is 6.92 Å². The number of ether oxygens (including phenoxy) is 2. The topological polar surface area (TPSA) is 104 Å². The van der Waals surface area contributed by atoms with E-state index in [1.165, 1.54) is 0 Å². The average molecular weight is 469 g/mol. The Bertz CT molecular complexity index is 1400. The highest BCUT2D eigenvalue weighted by Gasteiger charge is 2.33. The van der Waals surface area contributed by atoms with Gasteiger partial charge in [0.2, 0.25) is 5.91 Å². The van der Waals surface area contributed by atoms with Gasteiger partial charge in [0.15, 0.2) is 0 Å². The monoisotopic (exact) mass is 468 g/mol. The lowest BCUT2D eigenvalue weighted by Crippen LogP contribution is -2.25. The Hall–Kier alpha value is -4.53. The van der Waals surface area contributed by atoms with Gasteiger partial charge in [-0.1, -0.05) is 24.8 Å². The van der Waals surface area contributed by atoms with Crippen molar-refractivity contribution in [3.05, 3.63) is 84.2 Å². The summed E-state index contributed by atoms with van der Waals surface area (Å²) in [5.74, 6) is 2.00. The largest absolute Gasteiger partial charge is 0.497 e. The number of methoxy groups -OCH3 is 1. The first kappa shape index (κ1) is 22.3. The molecule has 3 heterocycles. The number of rotatable bonds is 7. The number of nitrogens with one attached hydrogen (secondary N) is 1. The van der Waals surface area contributed by atoms with Gasteiger partial charge < -0.3 is 14.8 Å². The van der Waals surface area contributed by atoms with Crippen molar-refractivity contribution >= 4 is 11.7 Å². The molecule has 4 aromatic rings. The number of carbonyl (C=O) groups is 1. The van der Waals surface area contributed by atoms with Gasteiger partial charge in [0.1, 0.15) is 23.9 Å². The minimum atomic E-state index is -0.183. The summed E-state index contributed by atoms with van der Waals surface area (Å²) in [5.41, 5.74) is 4.16. The van der Waals surface area contributed by atoms with Gasteiger partial charge in [-0.05, 0) is 48.9 Å². The molecule has 0 radical (unpaired) electrons. The third-order valence-corrected chi connectivity index (χ3v) is 5.85. The highest BCUT2D eigenvalue weighted by Crippen LogP contribution is 2.40. The Morgan fingerprint density at radius 1 is 1.20 bits per heavy atom. The molecule has 0 unspecified atom stereocenters. The highest BCUT2D eigenvalue weighted by atomic mass is 16.5. The second-order valence-corrected chi connectivity index (χ2v) is 8.11. The van der Waals surface area contributed by atoms with Gasteiger partial charge in [-0.25, -0.2) is 4.98 Å². The summed E-state index contributed by atoms with van der Waals surface area (Å²) in [6, 6.07) is 15.3. The average Bonchev–Trinajstić information content (AvgIpc) is 3.23. The maximum atomic E-state index is 12.7. The van der Waals surface area contributed by atoms with E-state index in [1.807, 2.05) is 55.5 Å². The summed E-state index contributed by atoms with van der Waals surface area (Å²) in [6.45, 7) is 6.02. The molecule has 5 rings (SSSR count). The van der Waals surface area contributed by atoms with Crippen LogP contribution < -0.4 is 14.8 Å². The lowest BCUT2D eigenvalue weighted by atomic mass is 9.86. The molecule has 0 saturated carbocycles. The van der Waals surface area contributed by atoms with E-state index in [4.69, 9.17) is 9.47 Å². The van der Waals surface area contributed by atoms with Gasteiger partial charge in [-0.2, -0.15) is 14.9 Å². The zero-order valence-corrected chi connectivity index (χ0v) is 19.4. The van der Waals surface area contributed by atoms with E-state index in [2.05, 4.69) is 32.2 Å². The molecule has 9 heteroatoms. The lowest BCUT2D eigenvalue weighted by Gasteiger charge is -2.24. The van der Waals surface area contributed by atoms with Gasteiger partial charge in [0.25, 0.3) is 5.95 Å². The first-order chi connectivity index (χ1) is 17.1. The Morgan fingerprint density at radius 2 is 2.03 bits per heavy atom. The molecule has 1 aliphatic heterocycles. The number of amides is 1. The molecule has 2 aromatic heterocycles. The van der Waals surface area contributed by atoms with E-state index in [0.717, 1.165) is 33.9 Å². The predicted octanol–water partition coefficient (Wildman–Crippen LogP) is 4.08.